The van der Waals surface area contributed by atoms with Crippen LogP contribution in [0.5, 0.6) is 5.75 Å². The second-order valence-electron chi connectivity index (χ2n) is 8.34. The third kappa shape index (κ3) is 4.55. The molecule has 1 saturated heterocycles. The van der Waals surface area contributed by atoms with E-state index in [2.05, 4.69) is 26.1 Å². The Morgan fingerprint density at radius 1 is 1.32 bits per heavy atom. The fourth-order valence-electron chi connectivity index (χ4n) is 3.57. The third-order valence-corrected chi connectivity index (χ3v) is 5.09. The van der Waals surface area contributed by atoms with E-state index in [-0.39, 0.29) is 35.6 Å². The number of furan rings is 1. The van der Waals surface area contributed by atoms with Crippen LogP contribution in [0.15, 0.2) is 47.1 Å². The van der Waals surface area contributed by atoms with Gasteiger partial charge in [-0.3, -0.25) is 9.59 Å². The van der Waals surface area contributed by atoms with Gasteiger partial charge in [0.05, 0.1) is 31.9 Å². The largest absolute Gasteiger partial charge is 0.497 e. The van der Waals surface area contributed by atoms with E-state index in [1.165, 1.54) is 0 Å². The van der Waals surface area contributed by atoms with Gasteiger partial charge in [-0.05, 0) is 35.2 Å². The van der Waals surface area contributed by atoms with Gasteiger partial charge in [-0.25, -0.2) is 0 Å². The maximum Gasteiger partial charge on any atom is 0.225 e. The van der Waals surface area contributed by atoms with Gasteiger partial charge in [0.1, 0.15) is 11.5 Å². The van der Waals surface area contributed by atoms with Crippen LogP contribution >= 0.6 is 0 Å². The molecule has 1 aromatic heterocycles. The number of nitrogens with zero attached hydrogens (tertiary/aromatic N) is 1. The van der Waals surface area contributed by atoms with Crippen LogP contribution in [-0.4, -0.2) is 30.4 Å². The first-order valence-electron chi connectivity index (χ1n) is 9.52. The quantitative estimate of drug-likeness (QED) is 0.827. The second kappa shape index (κ2) is 8.09. The van der Waals surface area contributed by atoms with Gasteiger partial charge in [-0.2, -0.15) is 0 Å². The first kappa shape index (κ1) is 20.0. The van der Waals surface area contributed by atoms with Gasteiger partial charge in [-0.1, -0.05) is 32.9 Å². The summed E-state index contributed by atoms with van der Waals surface area (Å²) in [5.74, 6) is 0.987. The van der Waals surface area contributed by atoms with Crippen LogP contribution in [0, 0.1) is 11.3 Å². The average molecular weight is 384 g/mol. The Morgan fingerprint density at radius 2 is 2.11 bits per heavy atom. The molecule has 6 heteroatoms. The van der Waals surface area contributed by atoms with Crippen molar-refractivity contribution in [1.29, 1.82) is 0 Å². The Hall–Kier alpha value is -2.76. The predicted octanol–water partition coefficient (Wildman–Crippen LogP) is 3.54. The van der Waals surface area contributed by atoms with Crippen LogP contribution in [0.3, 0.4) is 0 Å². The van der Waals surface area contributed by atoms with E-state index in [1.807, 2.05) is 30.3 Å². The number of methoxy groups -OCH3 is 1. The molecule has 0 aliphatic carbocycles. The molecular weight excluding hydrogens is 356 g/mol. The Morgan fingerprint density at radius 3 is 2.75 bits per heavy atom. The summed E-state index contributed by atoms with van der Waals surface area (Å²) in [5.41, 5.74) is 0.787. The molecule has 0 saturated carbocycles. The van der Waals surface area contributed by atoms with Gasteiger partial charge in [0.2, 0.25) is 11.8 Å². The predicted molar refractivity (Wildman–Crippen MR) is 106 cm³/mol. The number of likely N-dealkylation sites (tertiary alicyclic amines) is 1. The zero-order valence-electron chi connectivity index (χ0n) is 16.9. The lowest BCUT2D eigenvalue weighted by Gasteiger charge is -2.33. The summed E-state index contributed by atoms with van der Waals surface area (Å²) in [6.45, 7) is 7.05. The lowest BCUT2D eigenvalue weighted by atomic mass is 9.82. The molecular formula is C22H28N2O4. The van der Waals surface area contributed by atoms with Gasteiger partial charge in [-0.15, -0.1) is 0 Å². The van der Waals surface area contributed by atoms with Gasteiger partial charge in [0.15, 0.2) is 0 Å². The smallest absolute Gasteiger partial charge is 0.225 e. The highest BCUT2D eigenvalue weighted by atomic mass is 16.5. The summed E-state index contributed by atoms with van der Waals surface area (Å²) in [5, 5.41) is 3.17. The highest BCUT2D eigenvalue weighted by Gasteiger charge is 2.37. The van der Waals surface area contributed by atoms with E-state index in [0.29, 0.717) is 13.1 Å². The van der Waals surface area contributed by atoms with Crippen molar-refractivity contribution in [3.05, 3.63) is 54.0 Å². The Labute approximate surface area is 165 Å². The summed E-state index contributed by atoms with van der Waals surface area (Å²) < 4.78 is 10.6. The Kier molecular flexibility index (Phi) is 5.77. The lowest BCUT2D eigenvalue weighted by molar-refractivity contribution is -0.129. The fraction of sp³-hybridized carbons (Fsp3) is 0.455. The Bertz CT molecular complexity index is 823. The van der Waals surface area contributed by atoms with Crippen molar-refractivity contribution in [3.63, 3.8) is 0 Å². The number of rotatable bonds is 6. The second-order valence-corrected chi connectivity index (χ2v) is 8.34. The van der Waals surface area contributed by atoms with Crippen molar-refractivity contribution in [3.8, 4) is 5.75 Å². The number of ether oxygens (including phenoxy) is 1. The topological polar surface area (TPSA) is 71.8 Å². The minimum atomic E-state index is -0.363. The molecule has 1 aliphatic heterocycles. The van der Waals surface area contributed by atoms with E-state index in [1.54, 1.807) is 24.3 Å². The summed E-state index contributed by atoms with van der Waals surface area (Å²) in [6, 6.07) is 11.2. The molecule has 0 radical (unpaired) electrons. The van der Waals surface area contributed by atoms with E-state index in [9.17, 15) is 9.59 Å². The normalized spacial score (nSPS) is 18.2. The van der Waals surface area contributed by atoms with E-state index in [4.69, 9.17) is 9.15 Å². The fourth-order valence-corrected chi connectivity index (χ4v) is 3.57. The standard InChI is InChI=1S/C22H28N2O4/c1-22(2,3)20(15-7-5-8-17(11-15)27-4)23-21(26)16-12-19(25)24(13-16)14-18-9-6-10-28-18/h5-11,16,20H,12-14H2,1-4H3,(H,23,26)/t16-,20+/m0/s1. The minimum Gasteiger partial charge on any atom is -0.497 e. The average Bonchev–Trinajstić information content (AvgIpc) is 3.29. The third-order valence-electron chi connectivity index (χ3n) is 5.09. The highest BCUT2D eigenvalue weighted by molar-refractivity contribution is 5.89. The maximum atomic E-state index is 13.0. The first-order valence-corrected chi connectivity index (χ1v) is 9.52. The van der Waals surface area contributed by atoms with Crippen LogP contribution in [0.2, 0.25) is 0 Å². The molecule has 28 heavy (non-hydrogen) atoms. The van der Waals surface area contributed by atoms with Crippen molar-refractivity contribution in [1.82, 2.24) is 10.2 Å². The number of benzene rings is 1. The molecule has 0 bridgehead atoms. The lowest BCUT2D eigenvalue weighted by Crippen LogP contribution is -2.40. The van der Waals surface area contributed by atoms with Crippen LogP contribution in [0.1, 0.15) is 44.6 Å². The first-order chi connectivity index (χ1) is 13.3. The number of carbonyl (C=O) groups is 2. The van der Waals surface area contributed by atoms with Crippen molar-refractivity contribution in [2.24, 2.45) is 11.3 Å². The molecule has 1 aromatic carbocycles. The molecule has 2 heterocycles. The molecule has 0 spiro atoms. The summed E-state index contributed by atoms with van der Waals surface area (Å²) in [4.78, 5) is 27.0. The molecule has 150 valence electrons. The van der Waals surface area contributed by atoms with Gasteiger partial charge in [0, 0.05) is 13.0 Å². The zero-order chi connectivity index (χ0) is 20.3. The Balaban J connectivity index is 1.71. The summed E-state index contributed by atoms with van der Waals surface area (Å²) in [7, 11) is 1.63. The minimum absolute atomic E-state index is 0.0229. The van der Waals surface area contributed by atoms with E-state index >= 15 is 0 Å². The van der Waals surface area contributed by atoms with E-state index in [0.717, 1.165) is 17.1 Å². The molecule has 3 rings (SSSR count). The molecule has 1 aliphatic rings. The molecule has 1 N–H and O–H groups in total. The summed E-state index contributed by atoms with van der Waals surface area (Å²) in [6.07, 6.45) is 1.81. The van der Waals surface area contributed by atoms with Gasteiger partial charge < -0.3 is 19.4 Å². The van der Waals surface area contributed by atoms with E-state index < -0.39 is 0 Å². The number of hydrogen-bond acceptors (Lipinski definition) is 4. The number of nitrogens with one attached hydrogen (secondary N) is 1. The monoisotopic (exact) mass is 384 g/mol. The van der Waals surface area contributed by atoms with Crippen LogP contribution < -0.4 is 10.1 Å². The molecule has 2 amide bonds. The van der Waals surface area contributed by atoms with Crippen molar-refractivity contribution >= 4 is 11.8 Å². The van der Waals surface area contributed by atoms with Crippen LogP contribution in [0.4, 0.5) is 0 Å². The van der Waals surface area contributed by atoms with Crippen molar-refractivity contribution < 1.29 is 18.7 Å². The van der Waals surface area contributed by atoms with Crippen LogP contribution in [-0.2, 0) is 16.1 Å². The zero-order valence-corrected chi connectivity index (χ0v) is 16.9. The number of amides is 2. The van der Waals surface area contributed by atoms with Gasteiger partial charge in [0.25, 0.3) is 0 Å². The van der Waals surface area contributed by atoms with Crippen molar-refractivity contribution in [2.45, 2.75) is 39.8 Å². The van der Waals surface area contributed by atoms with Crippen LogP contribution in [0.25, 0.3) is 0 Å². The van der Waals surface area contributed by atoms with Gasteiger partial charge >= 0.3 is 0 Å². The molecule has 2 atom stereocenters. The summed E-state index contributed by atoms with van der Waals surface area (Å²) >= 11 is 0. The highest BCUT2D eigenvalue weighted by Crippen LogP contribution is 2.35. The number of hydrogen-bond donors (Lipinski definition) is 1. The molecule has 1 fully saturated rings. The molecule has 2 aromatic rings. The number of carbonyl (C=O) groups excluding carboxylic acids is 2. The SMILES string of the molecule is COc1cccc([C@@H](NC(=O)[C@H]2CC(=O)N(Cc3ccco3)C2)C(C)(C)C)c1. The molecule has 0 unspecified atom stereocenters. The van der Waals surface area contributed by atoms with Crippen molar-refractivity contribution in [2.75, 3.05) is 13.7 Å². The molecule has 6 nitrogen and oxygen atoms in total. The maximum absolute atomic E-state index is 13.0.